The summed E-state index contributed by atoms with van der Waals surface area (Å²) in [6, 6.07) is 5.02. The highest BCUT2D eigenvalue weighted by Gasteiger charge is 2.37. The lowest BCUT2D eigenvalue weighted by Gasteiger charge is -2.31. The Kier molecular flexibility index (Phi) is 3.29. The molecule has 1 aliphatic carbocycles. The smallest absolute Gasteiger partial charge is 0.314 e. The molecule has 1 heterocycles. The van der Waals surface area contributed by atoms with Crippen molar-refractivity contribution in [3.8, 4) is 0 Å². The highest BCUT2D eigenvalue weighted by molar-refractivity contribution is 5.39. The number of nitrogens with one attached hydrogen (secondary N) is 1. The fraction of sp³-hybridized carbons (Fsp3) is 0.600. The monoisotopic (exact) mass is 269 g/mol. The lowest BCUT2D eigenvalue weighted by Crippen LogP contribution is -2.34. The summed E-state index contributed by atoms with van der Waals surface area (Å²) < 4.78 is 39.2. The first-order valence-electron chi connectivity index (χ1n) is 6.97. The van der Waals surface area contributed by atoms with Gasteiger partial charge in [-0.1, -0.05) is 12.1 Å². The van der Waals surface area contributed by atoms with Gasteiger partial charge in [0.05, 0.1) is 5.56 Å². The molecule has 0 spiro atoms. The molecule has 1 nitrogen and oxygen atoms in total. The summed E-state index contributed by atoms with van der Waals surface area (Å²) in [5, 5.41) is 3.43. The summed E-state index contributed by atoms with van der Waals surface area (Å²) in [6.07, 6.45) is 0.385. The maximum atomic E-state index is 13.1. The molecule has 2 atom stereocenters. The van der Waals surface area contributed by atoms with Crippen molar-refractivity contribution in [2.45, 2.75) is 44.3 Å². The molecule has 1 aromatic carbocycles. The second-order valence-electron chi connectivity index (χ2n) is 5.65. The molecule has 0 saturated carbocycles. The minimum atomic E-state index is -4.23. The van der Waals surface area contributed by atoms with Crippen LogP contribution in [0.1, 0.15) is 36.0 Å². The summed E-state index contributed by atoms with van der Waals surface area (Å²) in [6.45, 7) is 1.01. The van der Waals surface area contributed by atoms with E-state index in [0.29, 0.717) is 23.9 Å². The summed E-state index contributed by atoms with van der Waals surface area (Å²) in [4.78, 5) is 0. The normalized spacial score (nSPS) is 27.3. The highest BCUT2D eigenvalue weighted by Crippen LogP contribution is 2.39. The van der Waals surface area contributed by atoms with E-state index in [4.69, 9.17) is 0 Å². The largest absolute Gasteiger partial charge is 0.416 e. The standard InChI is InChI=1S/C15H18F3N/c16-15(17,18)13-4-1-3-10-6-7-11(9-12(10)13)14-5-2-8-19-14/h1,3-4,11,14,19H,2,5-9H2. The number of alkyl halides is 3. The van der Waals surface area contributed by atoms with Crippen LogP contribution < -0.4 is 5.32 Å². The topological polar surface area (TPSA) is 12.0 Å². The number of rotatable bonds is 1. The average molecular weight is 269 g/mol. The molecule has 3 rings (SSSR count). The molecule has 1 aromatic rings. The lowest BCUT2D eigenvalue weighted by molar-refractivity contribution is -0.138. The van der Waals surface area contributed by atoms with E-state index in [1.54, 1.807) is 0 Å². The van der Waals surface area contributed by atoms with E-state index in [0.717, 1.165) is 37.8 Å². The maximum absolute atomic E-state index is 13.1. The molecule has 2 aliphatic rings. The van der Waals surface area contributed by atoms with Crippen molar-refractivity contribution in [1.29, 1.82) is 0 Å². The van der Waals surface area contributed by atoms with Crippen LogP contribution in [0.2, 0.25) is 0 Å². The van der Waals surface area contributed by atoms with Crippen molar-refractivity contribution in [2.24, 2.45) is 5.92 Å². The molecule has 1 saturated heterocycles. The van der Waals surface area contributed by atoms with Gasteiger partial charge < -0.3 is 5.32 Å². The van der Waals surface area contributed by atoms with E-state index in [9.17, 15) is 13.2 Å². The van der Waals surface area contributed by atoms with Crippen molar-refractivity contribution in [3.05, 3.63) is 34.9 Å². The van der Waals surface area contributed by atoms with E-state index in [1.165, 1.54) is 12.1 Å². The van der Waals surface area contributed by atoms with Crippen molar-refractivity contribution in [3.63, 3.8) is 0 Å². The van der Waals surface area contributed by atoms with Crippen LogP contribution in [-0.4, -0.2) is 12.6 Å². The number of benzene rings is 1. The van der Waals surface area contributed by atoms with Crippen molar-refractivity contribution in [1.82, 2.24) is 5.32 Å². The first-order chi connectivity index (χ1) is 9.05. The zero-order valence-electron chi connectivity index (χ0n) is 10.8. The Balaban J connectivity index is 1.90. The minimum Gasteiger partial charge on any atom is -0.314 e. The summed E-state index contributed by atoms with van der Waals surface area (Å²) in [5.74, 6) is 0.360. The molecule has 1 fully saturated rings. The number of fused-ring (bicyclic) bond motifs is 1. The van der Waals surface area contributed by atoms with Crippen LogP contribution in [0.4, 0.5) is 13.2 Å². The molecule has 0 aromatic heterocycles. The number of aryl methyl sites for hydroxylation is 1. The van der Waals surface area contributed by atoms with Gasteiger partial charge in [0.2, 0.25) is 0 Å². The van der Waals surface area contributed by atoms with Crippen LogP contribution in [0.25, 0.3) is 0 Å². The Morgan fingerprint density at radius 3 is 2.68 bits per heavy atom. The third-order valence-corrected chi connectivity index (χ3v) is 4.50. The van der Waals surface area contributed by atoms with Crippen LogP contribution in [0.3, 0.4) is 0 Å². The molecule has 0 bridgehead atoms. The van der Waals surface area contributed by atoms with Crippen LogP contribution in [-0.2, 0) is 19.0 Å². The Labute approximate surface area is 111 Å². The fourth-order valence-electron chi connectivity index (χ4n) is 3.54. The third-order valence-electron chi connectivity index (χ3n) is 4.50. The predicted octanol–water partition coefficient (Wildman–Crippen LogP) is 3.56. The zero-order valence-corrected chi connectivity index (χ0v) is 10.8. The zero-order chi connectivity index (χ0) is 13.5. The summed E-state index contributed by atoms with van der Waals surface area (Å²) >= 11 is 0. The van der Waals surface area contributed by atoms with Gasteiger partial charge in [0, 0.05) is 6.04 Å². The summed E-state index contributed by atoms with van der Waals surface area (Å²) in [5.41, 5.74) is 1.01. The van der Waals surface area contributed by atoms with Crippen LogP contribution in [0.5, 0.6) is 0 Å². The molecule has 0 radical (unpaired) electrons. The molecule has 4 heteroatoms. The minimum absolute atomic E-state index is 0.360. The molecule has 1 N–H and O–H groups in total. The van der Waals surface area contributed by atoms with Crippen molar-refractivity contribution in [2.75, 3.05) is 6.54 Å². The second-order valence-corrected chi connectivity index (χ2v) is 5.65. The van der Waals surface area contributed by atoms with Gasteiger partial charge in [-0.25, -0.2) is 0 Å². The van der Waals surface area contributed by atoms with Crippen molar-refractivity contribution >= 4 is 0 Å². The van der Waals surface area contributed by atoms with Gasteiger partial charge in [0.1, 0.15) is 0 Å². The van der Waals surface area contributed by atoms with E-state index >= 15 is 0 Å². The van der Waals surface area contributed by atoms with Crippen LogP contribution in [0, 0.1) is 5.92 Å². The molecule has 19 heavy (non-hydrogen) atoms. The summed E-state index contributed by atoms with van der Waals surface area (Å²) in [7, 11) is 0. The van der Waals surface area contributed by atoms with Gasteiger partial charge in [-0.3, -0.25) is 0 Å². The molecular weight excluding hydrogens is 251 g/mol. The molecule has 104 valence electrons. The average Bonchev–Trinajstić information content (AvgIpc) is 2.90. The van der Waals surface area contributed by atoms with Gasteiger partial charge in [-0.15, -0.1) is 0 Å². The number of hydrogen-bond donors (Lipinski definition) is 1. The first-order valence-corrected chi connectivity index (χ1v) is 6.97. The van der Waals surface area contributed by atoms with E-state index in [-0.39, 0.29) is 0 Å². The van der Waals surface area contributed by atoms with Gasteiger partial charge in [0.15, 0.2) is 0 Å². The predicted molar refractivity (Wildman–Crippen MR) is 68.0 cm³/mol. The Morgan fingerprint density at radius 2 is 2.00 bits per heavy atom. The van der Waals surface area contributed by atoms with Crippen molar-refractivity contribution < 1.29 is 13.2 Å². The molecule has 2 unspecified atom stereocenters. The molecule has 0 amide bonds. The highest BCUT2D eigenvalue weighted by atomic mass is 19.4. The van der Waals surface area contributed by atoms with Gasteiger partial charge in [-0.2, -0.15) is 13.2 Å². The van der Waals surface area contributed by atoms with Crippen LogP contribution >= 0.6 is 0 Å². The lowest BCUT2D eigenvalue weighted by atomic mass is 9.78. The molecular formula is C15H18F3N. The number of halogens is 3. The van der Waals surface area contributed by atoms with Gasteiger partial charge in [-0.05, 0) is 61.8 Å². The maximum Gasteiger partial charge on any atom is 0.416 e. The van der Waals surface area contributed by atoms with Gasteiger partial charge >= 0.3 is 6.18 Å². The van der Waals surface area contributed by atoms with E-state index < -0.39 is 11.7 Å². The quantitative estimate of drug-likeness (QED) is 0.822. The fourth-order valence-corrected chi connectivity index (χ4v) is 3.54. The molecule has 1 aliphatic heterocycles. The first kappa shape index (κ1) is 13.0. The van der Waals surface area contributed by atoms with E-state index in [1.807, 2.05) is 6.07 Å². The Bertz CT molecular complexity index is 461. The Morgan fingerprint density at radius 1 is 1.16 bits per heavy atom. The van der Waals surface area contributed by atoms with E-state index in [2.05, 4.69) is 5.32 Å². The Hall–Kier alpha value is -1.03. The second kappa shape index (κ2) is 4.82. The van der Waals surface area contributed by atoms with Crippen LogP contribution in [0.15, 0.2) is 18.2 Å². The SMILES string of the molecule is FC(F)(F)c1cccc2c1CC(C1CCCN1)CC2. The third kappa shape index (κ3) is 2.50. The van der Waals surface area contributed by atoms with Gasteiger partial charge in [0.25, 0.3) is 0 Å². The number of hydrogen-bond acceptors (Lipinski definition) is 1.